The average molecular weight is 338 g/mol. The molecule has 0 spiro atoms. The highest BCUT2D eigenvalue weighted by atomic mass is 19.1. The molecule has 2 aromatic carbocycles. The van der Waals surface area contributed by atoms with Gasteiger partial charge in [0.05, 0.1) is 0 Å². The SMILES string of the molecule is O=C1CCc2cc(OCc3cc(-c4ccc(F)cc4)no3)ccc2N1. The van der Waals surface area contributed by atoms with Gasteiger partial charge in [-0.3, -0.25) is 4.79 Å². The molecule has 1 aromatic heterocycles. The van der Waals surface area contributed by atoms with Crippen LogP contribution in [-0.4, -0.2) is 11.1 Å². The third-order valence-corrected chi connectivity index (χ3v) is 4.05. The van der Waals surface area contributed by atoms with Crippen LogP contribution in [0.5, 0.6) is 5.75 Å². The Balaban J connectivity index is 1.44. The maximum atomic E-state index is 13.0. The van der Waals surface area contributed by atoms with Crippen molar-refractivity contribution >= 4 is 11.6 Å². The molecule has 0 saturated carbocycles. The Hall–Kier alpha value is -3.15. The summed E-state index contributed by atoms with van der Waals surface area (Å²) in [6.45, 7) is 0.235. The minimum absolute atomic E-state index is 0.0381. The molecule has 1 aliphatic heterocycles. The van der Waals surface area contributed by atoms with E-state index in [0.717, 1.165) is 16.8 Å². The lowest BCUT2D eigenvalue weighted by atomic mass is 10.0. The molecule has 0 bridgehead atoms. The average Bonchev–Trinajstić information content (AvgIpc) is 3.09. The lowest BCUT2D eigenvalue weighted by molar-refractivity contribution is -0.116. The Morgan fingerprint density at radius 3 is 2.80 bits per heavy atom. The third kappa shape index (κ3) is 3.38. The van der Waals surface area contributed by atoms with E-state index in [1.165, 1.54) is 12.1 Å². The Kier molecular flexibility index (Phi) is 3.93. The summed E-state index contributed by atoms with van der Waals surface area (Å²) < 4.78 is 24.0. The largest absolute Gasteiger partial charge is 0.486 e. The molecule has 3 aromatic rings. The number of hydrogen-bond donors (Lipinski definition) is 1. The monoisotopic (exact) mass is 338 g/mol. The van der Waals surface area contributed by atoms with E-state index in [1.807, 2.05) is 18.2 Å². The Labute approximate surface area is 143 Å². The first-order chi connectivity index (χ1) is 12.2. The van der Waals surface area contributed by atoms with Gasteiger partial charge in [0, 0.05) is 23.7 Å². The van der Waals surface area contributed by atoms with Gasteiger partial charge in [-0.25, -0.2) is 4.39 Å². The van der Waals surface area contributed by atoms with Crippen molar-refractivity contribution in [2.75, 3.05) is 5.32 Å². The van der Waals surface area contributed by atoms with Crippen LogP contribution >= 0.6 is 0 Å². The van der Waals surface area contributed by atoms with Crippen LogP contribution in [0.4, 0.5) is 10.1 Å². The number of rotatable bonds is 4. The molecule has 0 radical (unpaired) electrons. The van der Waals surface area contributed by atoms with Gasteiger partial charge < -0.3 is 14.6 Å². The first-order valence-electron chi connectivity index (χ1n) is 7.94. The lowest BCUT2D eigenvalue weighted by Crippen LogP contribution is -2.18. The van der Waals surface area contributed by atoms with Crippen molar-refractivity contribution in [3.05, 3.63) is 65.7 Å². The number of halogens is 1. The van der Waals surface area contributed by atoms with Crippen molar-refractivity contribution in [2.24, 2.45) is 0 Å². The van der Waals surface area contributed by atoms with Crippen molar-refractivity contribution in [1.82, 2.24) is 5.16 Å². The summed E-state index contributed by atoms with van der Waals surface area (Å²) in [5, 5.41) is 6.82. The van der Waals surface area contributed by atoms with Crippen molar-refractivity contribution in [1.29, 1.82) is 0 Å². The summed E-state index contributed by atoms with van der Waals surface area (Å²) in [4.78, 5) is 11.4. The van der Waals surface area contributed by atoms with Crippen molar-refractivity contribution < 1.29 is 18.4 Å². The van der Waals surface area contributed by atoms with Crippen LogP contribution in [0, 0.1) is 5.82 Å². The minimum Gasteiger partial charge on any atom is -0.486 e. The first-order valence-corrected chi connectivity index (χ1v) is 7.94. The second kappa shape index (κ2) is 6.39. The van der Waals surface area contributed by atoms with Crippen LogP contribution in [0.3, 0.4) is 0 Å². The number of nitrogens with zero attached hydrogens (tertiary/aromatic N) is 1. The standard InChI is InChI=1S/C19H15FN2O3/c20-14-4-1-12(2-5-14)18-10-16(25-22-18)11-24-15-6-7-17-13(9-15)3-8-19(23)21-17/h1-2,4-7,9-10H,3,8,11H2,(H,21,23). The summed E-state index contributed by atoms with van der Waals surface area (Å²) in [7, 11) is 0. The van der Waals surface area contributed by atoms with Gasteiger partial charge in [0.1, 0.15) is 23.9 Å². The van der Waals surface area contributed by atoms with Crippen LogP contribution in [-0.2, 0) is 17.8 Å². The van der Waals surface area contributed by atoms with Crippen LogP contribution in [0.1, 0.15) is 17.7 Å². The van der Waals surface area contributed by atoms with Gasteiger partial charge in [-0.2, -0.15) is 0 Å². The van der Waals surface area contributed by atoms with Crippen LogP contribution in [0.25, 0.3) is 11.3 Å². The van der Waals surface area contributed by atoms with Gasteiger partial charge in [0.25, 0.3) is 0 Å². The third-order valence-electron chi connectivity index (χ3n) is 4.05. The molecule has 1 N–H and O–H groups in total. The number of hydrogen-bond acceptors (Lipinski definition) is 4. The van der Waals surface area contributed by atoms with Crippen LogP contribution in [0.2, 0.25) is 0 Å². The topological polar surface area (TPSA) is 64.4 Å². The number of carbonyl (C=O) groups is 1. The van der Waals surface area contributed by atoms with Gasteiger partial charge >= 0.3 is 0 Å². The Bertz CT molecular complexity index is 919. The molecule has 6 heteroatoms. The summed E-state index contributed by atoms with van der Waals surface area (Å²) in [5.41, 5.74) is 3.30. The molecule has 1 amide bonds. The zero-order valence-corrected chi connectivity index (χ0v) is 13.3. The number of ether oxygens (including phenoxy) is 1. The maximum absolute atomic E-state index is 13.0. The number of anilines is 1. The molecular weight excluding hydrogens is 323 g/mol. The molecule has 0 unspecified atom stereocenters. The number of fused-ring (bicyclic) bond motifs is 1. The highest BCUT2D eigenvalue weighted by Gasteiger charge is 2.15. The van der Waals surface area contributed by atoms with Gasteiger partial charge in [-0.1, -0.05) is 5.16 Å². The molecule has 0 atom stereocenters. The molecule has 2 heterocycles. The van der Waals surface area contributed by atoms with Gasteiger partial charge in [0.2, 0.25) is 5.91 Å². The maximum Gasteiger partial charge on any atom is 0.224 e. The molecule has 126 valence electrons. The van der Waals surface area contributed by atoms with Gasteiger partial charge in [-0.15, -0.1) is 0 Å². The fourth-order valence-electron chi connectivity index (χ4n) is 2.74. The van der Waals surface area contributed by atoms with E-state index in [4.69, 9.17) is 9.26 Å². The molecule has 25 heavy (non-hydrogen) atoms. The predicted octanol–water partition coefficient (Wildman–Crippen LogP) is 3.94. The second-order valence-electron chi connectivity index (χ2n) is 5.84. The van der Waals surface area contributed by atoms with E-state index in [-0.39, 0.29) is 18.3 Å². The van der Waals surface area contributed by atoms with Crippen molar-refractivity contribution in [2.45, 2.75) is 19.4 Å². The first kappa shape index (κ1) is 15.4. The molecule has 1 aliphatic rings. The molecule has 0 fully saturated rings. The molecule has 5 nitrogen and oxygen atoms in total. The summed E-state index contributed by atoms with van der Waals surface area (Å²) in [6.07, 6.45) is 1.19. The quantitative estimate of drug-likeness (QED) is 0.782. The van der Waals surface area contributed by atoms with Crippen molar-refractivity contribution in [3.8, 4) is 17.0 Å². The fraction of sp³-hybridized carbons (Fsp3) is 0.158. The van der Waals surface area contributed by atoms with E-state index in [9.17, 15) is 9.18 Å². The van der Waals surface area contributed by atoms with E-state index in [0.29, 0.717) is 30.0 Å². The smallest absolute Gasteiger partial charge is 0.224 e. The van der Waals surface area contributed by atoms with E-state index in [1.54, 1.807) is 18.2 Å². The summed E-state index contributed by atoms with van der Waals surface area (Å²) in [6, 6.07) is 13.4. The number of aromatic nitrogens is 1. The normalized spacial score (nSPS) is 13.2. The van der Waals surface area contributed by atoms with Crippen LogP contribution < -0.4 is 10.1 Å². The Morgan fingerprint density at radius 2 is 1.96 bits per heavy atom. The van der Waals surface area contributed by atoms with E-state index >= 15 is 0 Å². The fourth-order valence-corrected chi connectivity index (χ4v) is 2.74. The van der Waals surface area contributed by atoms with Crippen molar-refractivity contribution in [3.63, 3.8) is 0 Å². The number of benzene rings is 2. The zero-order valence-electron chi connectivity index (χ0n) is 13.3. The molecule has 4 rings (SSSR count). The number of aryl methyl sites for hydroxylation is 1. The highest BCUT2D eigenvalue weighted by molar-refractivity contribution is 5.94. The van der Waals surface area contributed by atoms with E-state index < -0.39 is 0 Å². The second-order valence-corrected chi connectivity index (χ2v) is 5.84. The number of amides is 1. The number of carbonyl (C=O) groups excluding carboxylic acids is 1. The van der Waals surface area contributed by atoms with Gasteiger partial charge in [-0.05, 0) is 54.4 Å². The summed E-state index contributed by atoms with van der Waals surface area (Å²) >= 11 is 0. The zero-order chi connectivity index (χ0) is 17.2. The lowest BCUT2D eigenvalue weighted by Gasteiger charge is -2.17. The molecular formula is C19H15FN2O3. The summed E-state index contributed by atoms with van der Waals surface area (Å²) in [5.74, 6) is 1.02. The minimum atomic E-state index is -0.292. The number of nitrogens with one attached hydrogen (secondary N) is 1. The molecule has 0 aliphatic carbocycles. The van der Waals surface area contributed by atoms with E-state index in [2.05, 4.69) is 10.5 Å². The molecule has 0 saturated heterocycles. The predicted molar refractivity (Wildman–Crippen MR) is 89.6 cm³/mol. The Morgan fingerprint density at radius 1 is 1.12 bits per heavy atom. The van der Waals surface area contributed by atoms with Crippen LogP contribution in [0.15, 0.2) is 53.1 Å². The van der Waals surface area contributed by atoms with Gasteiger partial charge in [0.15, 0.2) is 5.76 Å². The highest BCUT2D eigenvalue weighted by Crippen LogP contribution is 2.27.